The Labute approximate surface area is 130 Å². The van der Waals surface area contributed by atoms with Crippen LogP contribution in [0.25, 0.3) is 0 Å². The molecule has 6 heteroatoms. The minimum Gasteiger partial charge on any atom is -0.334 e. The molecule has 0 bridgehead atoms. The Morgan fingerprint density at radius 3 is 2.77 bits per heavy atom. The van der Waals surface area contributed by atoms with Crippen LogP contribution in [0.3, 0.4) is 0 Å². The molecule has 0 unspecified atom stereocenters. The molecule has 3 rings (SSSR count). The monoisotopic (exact) mass is 299 g/mol. The summed E-state index contributed by atoms with van der Waals surface area (Å²) >= 11 is 0. The Balaban J connectivity index is 1.49. The predicted octanol–water partition coefficient (Wildman–Crippen LogP) is 2.13. The van der Waals surface area contributed by atoms with Crippen molar-refractivity contribution in [3.05, 3.63) is 48.0 Å². The SMILES string of the molecule is Cc1ccccc1CNC(=O)N1CCC(n2cncn2)CC1. The molecule has 1 N–H and O–H groups in total. The number of hydrogen-bond acceptors (Lipinski definition) is 3. The number of piperidine rings is 1. The molecule has 1 aromatic heterocycles. The number of hydrogen-bond donors (Lipinski definition) is 1. The van der Waals surface area contributed by atoms with E-state index in [1.807, 2.05) is 27.8 Å². The molecule has 0 spiro atoms. The minimum atomic E-state index is 0.0142. The lowest BCUT2D eigenvalue weighted by Gasteiger charge is -2.31. The zero-order valence-electron chi connectivity index (χ0n) is 12.8. The number of amides is 2. The summed E-state index contributed by atoms with van der Waals surface area (Å²) in [6.45, 7) is 4.15. The van der Waals surface area contributed by atoms with Crippen molar-refractivity contribution >= 4 is 6.03 Å². The number of nitrogens with one attached hydrogen (secondary N) is 1. The van der Waals surface area contributed by atoms with E-state index >= 15 is 0 Å². The second-order valence-corrected chi connectivity index (χ2v) is 5.68. The van der Waals surface area contributed by atoms with Gasteiger partial charge >= 0.3 is 6.03 Å². The van der Waals surface area contributed by atoms with Gasteiger partial charge in [0.25, 0.3) is 0 Å². The average Bonchev–Trinajstić information content (AvgIpc) is 3.08. The maximum Gasteiger partial charge on any atom is 0.317 e. The van der Waals surface area contributed by atoms with Crippen LogP contribution in [0.2, 0.25) is 0 Å². The van der Waals surface area contributed by atoms with Gasteiger partial charge in [0.15, 0.2) is 0 Å². The Hall–Kier alpha value is -2.37. The first-order chi connectivity index (χ1) is 10.7. The summed E-state index contributed by atoms with van der Waals surface area (Å²) in [5, 5.41) is 7.19. The molecular formula is C16H21N5O. The number of carbonyl (C=O) groups excluding carboxylic acids is 1. The molecule has 0 aliphatic carbocycles. The van der Waals surface area contributed by atoms with Crippen LogP contribution in [0.4, 0.5) is 4.79 Å². The topological polar surface area (TPSA) is 63.1 Å². The molecule has 116 valence electrons. The van der Waals surface area contributed by atoms with Gasteiger partial charge in [-0.3, -0.25) is 0 Å². The largest absolute Gasteiger partial charge is 0.334 e. The predicted molar refractivity (Wildman–Crippen MR) is 83.3 cm³/mol. The van der Waals surface area contributed by atoms with Gasteiger partial charge in [-0.1, -0.05) is 24.3 Å². The fourth-order valence-corrected chi connectivity index (χ4v) is 2.83. The highest BCUT2D eigenvalue weighted by Crippen LogP contribution is 2.21. The van der Waals surface area contributed by atoms with Gasteiger partial charge in [0, 0.05) is 19.6 Å². The summed E-state index contributed by atoms with van der Waals surface area (Å²) in [4.78, 5) is 18.1. The smallest absolute Gasteiger partial charge is 0.317 e. The van der Waals surface area contributed by atoms with Crippen LogP contribution in [0.1, 0.15) is 30.0 Å². The normalized spacial score (nSPS) is 15.8. The first kappa shape index (κ1) is 14.6. The number of urea groups is 1. The second kappa shape index (κ2) is 6.60. The van der Waals surface area contributed by atoms with Crippen molar-refractivity contribution in [3.63, 3.8) is 0 Å². The number of likely N-dealkylation sites (tertiary alicyclic amines) is 1. The van der Waals surface area contributed by atoms with E-state index in [0.717, 1.165) is 31.5 Å². The lowest BCUT2D eigenvalue weighted by Crippen LogP contribution is -2.44. The van der Waals surface area contributed by atoms with Crippen molar-refractivity contribution in [2.75, 3.05) is 13.1 Å². The van der Waals surface area contributed by atoms with Crippen LogP contribution in [0.15, 0.2) is 36.9 Å². The molecule has 22 heavy (non-hydrogen) atoms. The van der Waals surface area contributed by atoms with E-state index in [9.17, 15) is 4.79 Å². The molecule has 0 saturated carbocycles. The third-order valence-corrected chi connectivity index (χ3v) is 4.25. The molecule has 1 aromatic carbocycles. The van der Waals surface area contributed by atoms with E-state index in [4.69, 9.17) is 0 Å². The van der Waals surface area contributed by atoms with E-state index in [1.54, 1.807) is 12.7 Å². The Morgan fingerprint density at radius 2 is 2.09 bits per heavy atom. The standard InChI is InChI=1S/C16H21N5O/c1-13-4-2-3-5-14(13)10-18-16(22)20-8-6-15(7-9-20)21-12-17-11-19-21/h2-5,11-12,15H,6-10H2,1H3,(H,18,22). The Kier molecular flexibility index (Phi) is 4.37. The first-order valence-electron chi connectivity index (χ1n) is 7.65. The highest BCUT2D eigenvalue weighted by atomic mass is 16.2. The number of benzene rings is 1. The Morgan fingerprint density at radius 1 is 1.32 bits per heavy atom. The first-order valence-corrected chi connectivity index (χ1v) is 7.65. The second-order valence-electron chi connectivity index (χ2n) is 5.68. The number of carbonyl (C=O) groups is 1. The third-order valence-electron chi connectivity index (χ3n) is 4.25. The third kappa shape index (κ3) is 3.27. The molecule has 1 saturated heterocycles. The molecule has 0 radical (unpaired) electrons. The molecule has 1 aliphatic rings. The van der Waals surface area contributed by atoms with Crippen LogP contribution in [0, 0.1) is 6.92 Å². The molecule has 2 amide bonds. The van der Waals surface area contributed by atoms with E-state index in [2.05, 4.69) is 28.4 Å². The van der Waals surface area contributed by atoms with Crippen molar-refractivity contribution in [2.45, 2.75) is 32.4 Å². The lowest BCUT2D eigenvalue weighted by atomic mass is 10.1. The van der Waals surface area contributed by atoms with Crippen molar-refractivity contribution in [2.24, 2.45) is 0 Å². The van der Waals surface area contributed by atoms with Crippen molar-refractivity contribution in [1.82, 2.24) is 25.0 Å². The number of nitrogens with zero attached hydrogens (tertiary/aromatic N) is 4. The quantitative estimate of drug-likeness (QED) is 0.944. The van der Waals surface area contributed by atoms with Crippen LogP contribution in [-0.2, 0) is 6.54 Å². The molecule has 2 aromatic rings. The molecular weight excluding hydrogens is 278 g/mol. The van der Waals surface area contributed by atoms with Gasteiger partial charge in [0.05, 0.1) is 6.04 Å². The Bertz CT molecular complexity index is 617. The highest BCUT2D eigenvalue weighted by molar-refractivity contribution is 5.74. The van der Waals surface area contributed by atoms with Gasteiger partial charge in [-0.15, -0.1) is 0 Å². The summed E-state index contributed by atoms with van der Waals surface area (Å²) in [5.74, 6) is 0. The van der Waals surface area contributed by atoms with E-state index in [1.165, 1.54) is 5.56 Å². The zero-order chi connectivity index (χ0) is 15.4. The van der Waals surface area contributed by atoms with Gasteiger partial charge in [-0.2, -0.15) is 5.10 Å². The van der Waals surface area contributed by atoms with Gasteiger partial charge in [-0.05, 0) is 30.9 Å². The summed E-state index contributed by atoms with van der Waals surface area (Å²) < 4.78 is 1.89. The molecule has 0 atom stereocenters. The van der Waals surface area contributed by atoms with Crippen molar-refractivity contribution in [1.29, 1.82) is 0 Å². The van der Waals surface area contributed by atoms with E-state index in [0.29, 0.717) is 12.6 Å². The average molecular weight is 299 g/mol. The van der Waals surface area contributed by atoms with Crippen LogP contribution in [-0.4, -0.2) is 38.8 Å². The number of aromatic nitrogens is 3. The van der Waals surface area contributed by atoms with Gasteiger partial charge < -0.3 is 10.2 Å². The number of aryl methyl sites for hydroxylation is 1. The maximum atomic E-state index is 12.3. The van der Waals surface area contributed by atoms with Crippen LogP contribution < -0.4 is 5.32 Å². The number of rotatable bonds is 3. The summed E-state index contributed by atoms with van der Waals surface area (Å²) in [6, 6.07) is 8.48. The lowest BCUT2D eigenvalue weighted by molar-refractivity contribution is 0.168. The van der Waals surface area contributed by atoms with Crippen molar-refractivity contribution in [3.8, 4) is 0 Å². The fourth-order valence-electron chi connectivity index (χ4n) is 2.83. The van der Waals surface area contributed by atoms with Crippen LogP contribution >= 0.6 is 0 Å². The maximum absolute atomic E-state index is 12.3. The van der Waals surface area contributed by atoms with Gasteiger partial charge in [-0.25, -0.2) is 14.5 Å². The zero-order valence-corrected chi connectivity index (χ0v) is 12.8. The summed E-state index contributed by atoms with van der Waals surface area (Å²) in [7, 11) is 0. The molecule has 2 heterocycles. The van der Waals surface area contributed by atoms with Crippen molar-refractivity contribution < 1.29 is 4.79 Å². The molecule has 1 aliphatic heterocycles. The minimum absolute atomic E-state index is 0.0142. The van der Waals surface area contributed by atoms with Crippen LogP contribution in [0.5, 0.6) is 0 Å². The molecule has 1 fully saturated rings. The summed E-state index contributed by atoms with van der Waals surface area (Å²) in [6.07, 6.45) is 5.14. The van der Waals surface area contributed by atoms with E-state index in [-0.39, 0.29) is 6.03 Å². The van der Waals surface area contributed by atoms with Gasteiger partial charge in [0.1, 0.15) is 12.7 Å². The van der Waals surface area contributed by atoms with E-state index < -0.39 is 0 Å². The summed E-state index contributed by atoms with van der Waals surface area (Å²) in [5.41, 5.74) is 2.36. The fraction of sp³-hybridized carbons (Fsp3) is 0.438. The highest BCUT2D eigenvalue weighted by Gasteiger charge is 2.23. The molecule has 6 nitrogen and oxygen atoms in total. The van der Waals surface area contributed by atoms with Gasteiger partial charge in [0.2, 0.25) is 0 Å².